The lowest BCUT2D eigenvalue weighted by Gasteiger charge is -2.27. The second-order valence-electron chi connectivity index (χ2n) is 5.71. The number of nitrogens with one attached hydrogen (secondary N) is 1. The fourth-order valence-electron chi connectivity index (χ4n) is 2.80. The van der Waals surface area contributed by atoms with Crippen LogP contribution < -0.4 is 14.8 Å². The Morgan fingerprint density at radius 1 is 1.04 bits per heavy atom. The van der Waals surface area contributed by atoms with Gasteiger partial charge in [-0.1, -0.05) is 12.1 Å². The fourth-order valence-corrected chi connectivity index (χ4v) is 2.80. The van der Waals surface area contributed by atoms with E-state index in [-0.39, 0.29) is 0 Å². The smallest absolute Gasteiger partial charge is 0.341 e. The van der Waals surface area contributed by atoms with Gasteiger partial charge < -0.3 is 25.0 Å². The summed E-state index contributed by atoms with van der Waals surface area (Å²) in [6, 6.07) is 8.54. The van der Waals surface area contributed by atoms with E-state index in [9.17, 15) is 24.6 Å². The number of benzene rings is 2. The molecule has 8 nitrogen and oxygen atoms in total. The van der Waals surface area contributed by atoms with E-state index in [2.05, 4.69) is 5.32 Å². The van der Waals surface area contributed by atoms with Crippen LogP contribution in [0.5, 0.6) is 11.5 Å². The predicted molar refractivity (Wildman–Crippen MR) is 92.6 cm³/mol. The van der Waals surface area contributed by atoms with Gasteiger partial charge in [-0.05, 0) is 29.0 Å². The summed E-state index contributed by atoms with van der Waals surface area (Å²) in [5.41, 5.74) is -2.20. The number of methoxy groups -OCH3 is 2. The van der Waals surface area contributed by atoms with Gasteiger partial charge in [0.25, 0.3) is 0 Å². The molecule has 2 aromatic carbocycles. The van der Waals surface area contributed by atoms with Gasteiger partial charge in [0.05, 0.1) is 14.2 Å². The largest absolute Gasteiger partial charge is 0.497 e. The van der Waals surface area contributed by atoms with Crippen LogP contribution in [-0.2, 0) is 20.8 Å². The van der Waals surface area contributed by atoms with Crippen LogP contribution in [0.25, 0.3) is 10.8 Å². The van der Waals surface area contributed by atoms with Gasteiger partial charge >= 0.3 is 11.9 Å². The number of carbonyl (C=O) groups is 3. The molecule has 2 rings (SSSR count). The number of fused-ring (bicyclic) bond motifs is 1. The second kappa shape index (κ2) is 7.30. The number of hydrogen-bond donors (Lipinski definition) is 3. The van der Waals surface area contributed by atoms with Crippen molar-refractivity contribution >= 4 is 28.6 Å². The molecule has 0 aliphatic carbocycles. The highest BCUT2D eigenvalue weighted by Crippen LogP contribution is 2.33. The van der Waals surface area contributed by atoms with E-state index in [0.717, 1.165) is 12.3 Å². The maximum absolute atomic E-state index is 11.8. The number of carboxylic acids is 2. The third-order valence-corrected chi connectivity index (χ3v) is 4.08. The number of amides is 1. The van der Waals surface area contributed by atoms with E-state index in [1.807, 2.05) is 0 Å². The number of aliphatic carboxylic acids is 2. The van der Waals surface area contributed by atoms with Gasteiger partial charge in [0, 0.05) is 18.9 Å². The van der Waals surface area contributed by atoms with Crippen LogP contribution in [0.4, 0.5) is 0 Å². The highest BCUT2D eigenvalue weighted by Gasteiger charge is 2.48. The Bertz CT molecular complexity index is 856. The molecule has 138 valence electrons. The molecular formula is C18H19NO7. The van der Waals surface area contributed by atoms with Crippen LogP contribution in [0.2, 0.25) is 0 Å². The molecule has 0 bridgehead atoms. The number of rotatable bonds is 7. The van der Waals surface area contributed by atoms with Gasteiger partial charge in [-0.2, -0.15) is 0 Å². The maximum atomic E-state index is 11.8. The number of hydrogen-bond acceptors (Lipinski definition) is 5. The zero-order valence-electron chi connectivity index (χ0n) is 14.5. The van der Waals surface area contributed by atoms with Crippen molar-refractivity contribution in [3.05, 3.63) is 35.9 Å². The molecule has 0 aliphatic heterocycles. The Morgan fingerprint density at radius 2 is 1.65 bits per heavy atom. The quantitative estimate of drug-likeness (QED) is 0.638. The summed E-state index contributed by atoms with van der Waals surface area (Å²) in [5, 5.41) is 22.5. The van der Waals surface area contributed by atoms with Gasteiger partial charge in [-0.3, -0.25) is 4.79 Å². The maximum Gasteiger partial charge on any atom is 0.341 e. The summed E-state index contributed by atoms with van der Waals surface area (Å²) in [5.74, 6) is -3.30. The Balaban J connectivity index is 2.74. The first-order valence-electron chi connectivity index (χ1n) is 7.64. The van der Waals surface area contributed by atoms with Crippen LogP contribution in [0, 0.1) is 0 Å². The van der Waals surface area contributed by atoms with Crippen LogP contribution in [-0.4, -0.2) is 47.8 Å². The molecule has 0 spiro atoms. The second-order valence-corrected chi connectivity index (χ2v) is 5.71. The molecule has 0 fully saturated rings. The summed E-state index contributed by atoms with van der Waals surface area (Å²) >= 11 is 0. The summed E-state index contributed by atoms with van der Waals surface area (Å²) in [4.78, 5) is 35.1. The van der Waals surface area contributed by atoms with Crippen molar-refractivity contribution < 1.29 is 34.1 Å². The third-order valence-electron chi connectivity index (χ3n) is 4.08. The van der Waals surface area contributed by atoms with Gasteiger partial charge in [0.2, 0.25) is 11.4 Å². The van der Waals surface area contributed by atoms with Crippen LogP contribution in [0.15, 0.2) is 30.3 Å². The lowest BCUT2D eigenvalue weighted by Crippen LogP contribution is -2.61. The van der Waals surface area contributed by atoms with Gasteiger partial charge in [0.15, 0.2) is 0 Å². The first kappa shape index (κ1) is 19.0. The molecule has 0 radical (unpaired) electrons. The molecule has 26 heavy (non-hydrogen) atoms. The predicted octanol–water partition coefficient (Wildman–Crippen LogP) is 1.44. The third kappa shape index (κ3) is 3.39. The van der Waals surface area contributed by atoms with Crippen molar-refractivity contribution in [2.75, 3.05) is 14.2 Å². The minimum atomic E-state index is -2.53. The molecular weight excluding hydrogens is 342 g/mol. The van der Waals surface area contributed by atoms with Crippen molar-refractivity contribution in [2.24, 2.45) is 0 Å². The van der Waals surface area contributed by atoms with Crippen molar-refractivity contribution in [3.8, 4) is 11.5 Å². The van der Waals surface area contributed by atoms with E-state index in [4.69, 9.17) is 9.47 Å². The molecule has 0 aliphatic rings. The Hall–Kier alpha value is -3.29. The van der Waals surface area contributed by atoms with Crippen LogP contribution >= 0.6 is 0 Å². The highest BCUT2D eigenvalue weighted by molar-refractivity contribution is 6.07. The monoisotopic (exact) mass is 361 g/mol. The van der Waals surface area contributed by atoms with Crippen molar-refractivity contribution in [2.45, 2.75) is 18.9 Å². The number of carboxylic acid groups (broad SMARTS) is 2. The zero-order chi connectivity index (χ0) is 19.5. The van der Waals surface area contributed by atoms with E-state index in [0.29, 0.717) is 22.4 Å². The Kier molecular flexibility index (Phi) is 5.35. The summed E-state index contributed by atoms with van der Waals surface area (Å²) in [6.45, 7) is 1.06. The van der Waals surface area contributed by atoms with Crippen molar-refractivity contribution in [1.82, 2.24) is 5.32 Å². The highest BCUT2D eigenvalue weighted by atomic mass is 16.5. The normalized spacial score (nSPS) is 11.0. The molecule has 1 amide bonds. The number of carbonyl (C=O) groups excluding carboxylic acids is 1. The first-order chi connectivity index (χ1) is 12.2. The Morgan fingerprint density at radius 3 is 2.15 bits per heavy atom. The lowest BCUT2D eigenvalue weighted by atomic mass is 9.87. The van der Waals surface area contributed by atoms with E-state index < -0.39 is 29.8 Å². The van der Waals surface area contributed by atoms with E-state index in [1.54, 1.807) is 30.3 Å². The van der Waals surface area contributed by atoms with Crippen molar-refractivity contribution in [1.29, 1.82) is 0 Å². The molecule has 8 heteroatoms. The number of ether oxygens (including phenoxy) is 2. The first-order valence-corrected chi connectivity index (χ1v) is 7.64. The molecule has 0 aromatic heterocycles. The summed E-state index contributed by atoms with van der Waals surface area (Å²) < 4.78 is 10.5. The van der Waals surface area contributed by atoms with Crippen molar-refractivity contribution in [3.63, 3.8) is 0 Å². The Labute approximate surface area is 149 Å². The average Bonchev–Trinajstić information content (AvgIpc) is 2.59. The summed E-state index contributed by atoms with van der Waals surface area (Å²) in [6.07, 6.45) is -0.509. The summed E-state index contributed by atoms with van der Waals surface area (Å²) in [7, 11) is 2.88. The molecule has 0 heterocycles. The topological polar surface area (TPSA) is 122 Å². The van der Waals surface area contributed by atoms with Crippen LogP contribution in [0.3, 0.4) is 0 Å². The molecule has 0 unspecified atom stereocenters. The molecule has 2 aromatic rings. The van der Waals surface area contributed by atoms with Crippen LogP contribution in [0.1, 0.15) is 12.5 Å². The standard InChI is InChI=1S/C18H19NO7/c1-10(20)19-18(16(21)22,17(23)24)9-14-13-8-12(25-2)6-4-11(13)5-7-15(14)26-3/h4-8H,9H2,1-3H3,(H,19,20)(H,21,22)(H,23,24). The fraction of sp³-hybridized carbons (Fsp3) is 0.278. The van der Waals surface area contributed by atoms with Gasteiger partial charge in [-0.15, -0.1) is 0 Å². The average molecular weight is 361 g/mol. The van der Waals surface area contributed by atoms with E-state index in [1.165, 1.54) is 14.2 Å². The van der Waals surface area contributed by atoms with E-state index >= 15 is 0 Å². The van der Waals surface area contributed by atoms with Gasteiger partial charge in [0.1, 0.15) is 11.5 Å². The molecule has 0 saturated heterocycles. The molecule has 3 N–H and O–H groups in total. The molecule has 0 atom stereocenters. The zero-order valence-corrected chi connectivity index (χ0v) is 14.5. The lowest BCUT2D eigenvalue weighted by molar-refractivity contribution is -0.161. The SMILES string of the molecule is COc1ccc2ccc(OC)c(CC(NC(C)=O)(C(=O)O)C(=O)O)c2c1. The minimum Gasteiger partial charge on any atom is -0.497 e. The van der Waals surface area contributed by atoms with Gasteiger partial charge in [-0.25, -0.2) is 9.59 Å². The minimum absolute atomic E-state index is 0.308. The molecule has 0 saturated carbocycles.